The van der Waals surface area contributed by atoms with Gasteiger partial charge in [0.1, 0.15) is 17.2 Å². The molecule has 0 aromatic heterocycles. The zero-order valence-electron chi connectivity index (χ0n) is 16.2. The number of Topliss-reactive ketones (excluding diaryl/α,β-unsaturated/α-hetero) is 1. The summed E-state index contributed by atoms with van der Waals surface area (Å²) in [5.74, 6) is -0.0276. The molecule has 2 aromatic rings. The van der Waals surface area contributed by atoms with Crippen LogP contribution >= 0.6 is 0 Å². The number of ketones is 1. The fraction of sp³-hybridized carbons (Fsp3) is 0.304. The van der Waals surface area contributed by atoms with Gasteiger partial charge in [-0.15, -0.1) is 0 Å². The van der Waals surface area contributed by atoms with Gasteiger partial charge in [0.2, 0.25) is 0 Å². The van der Waals surface area contributed by atoms with Crippen LogP contribution in [0.4, 0.5) is 4.39 Å². The van der Waals surface area contributed by atoms with Crippen molar-refractivity contribution in [3.05, 3.63) is 71.0 Å². The Labute approximate surface area is 168 Å². The molecule has 0 unspecified atom stereocenters. The molecule has 0 atom stereocenters. The first-order chi connectivity index (χ1) is 14.0. The normalized spacial score (nSPS) is 17.7. The van der Waals surface area contributed by atoms with Crippen molar-refractivity contribution in [3.8, 4) is 5.75 Å². The highest BCUT2D eigenvalue weighted by atomic mass is 19.1. The minimum atomic E-state index is -0.462. The summed E-state index contributed by atoms with van der Waals surface area (Å²) in [6.45, 7) is 2.24. The van der Waals surface area contributed by atoms with Crippen LogP contribution in [-0.4, -0.2) is 49.0 Å². The monoisotopic (exact) mass is 395 g/mol. The largest absolute Gasteiger partial charge is 0.483 e. The van der Waals surface area contributed by atoms with E-state index in [0.29, 0.717) is 30.8 Å². The molecule has 29 heavy (non-hydrogen) atoms. The minimum absolute atomic E-state index is 0.0535. The zero-order valence-corrected chi connectivity index (χ0v) is 16.2. The van der Waals surface area contributed by atoms with E-state index in [9.17, 15) is 14.0 Å². The molecule has 0 saturated carbocycles. The van der Waals surface area contributed by atoms with Crippen molar-refractivity contribution < 1.29 is 23.5 Å². The summed E-state index contributed by atoms with van der Waals surface area (Å²) < 4.78 is 23.8. The Balaban J connectivity index is 1.37. The molecule has 0 amide bonds. The lowest BCUT2D eigenvalue weighted by Gasteiger charge is -2.51. The predicted molar refractivity (Wildman–Crippen MR) is 106 cm³/mol. The first kappa shape index (κ1) is 19.3. The van der Waals surface area contributed by atoms with Gasteiger partial charge in [-0.2, -0.15) is 0 Å². The highest BCUT2D eigenvalue weighted by molar-refractivity contribution is 6.01. The quantitative estimate of drug-likeness (QED) is 0.575. The molecular weight excluding hydrogens is 373 g/mol. The van der Waals surface area contributed by atoms with Crippen LogP contribution in [0.1, 0.15) is 27.9 Å². The third-order valence-electron chi connectivity index (χ3n) is 5.38. The van der Waals surface area contributed by atoms with Crippen LogP contribution in [-0.2, 0) is 16.0 Å². The second-order valence-electron chi connectivity index (χ2n) is 7.58. The molecule has 150 valence electrons. The molecule has 0 radical (unpaired) electrons. The number of carbonyl (C=O) groups is 2. The molecule has 0 bridgehead atoms. The lowest BCUT2D eigenvalue weighted by Crippen LogP contribution is -2.67. The molecule has 2 aliphatic rings. The summed E-state index contributed by atoms with van der Waals surface area (Å²) in [6.07, 6.45) is 4.11. The summed E-state index contributed by atoms with van der Waals surface area (Å²) in [5.41, 5.74) is 1.92. The van der Waals surface area contributed by atoms with Crippen LogP contribution in [0.2, 0.25) is 0 Å². The standard InChI is InChI=1S/C23H22FNO4/c1-28-22(27)9-5-17-4-8-21-19(12-17)20(26)13-23(29-21)14-25(15-23)11-10-16-2-6-18(24)7-3-16/h2-9,12H,10-11,13-15H2,1H3. The highest BCUT2D eigenvalue weighted by Gasteiger charge is 2.49. The summed E-state index contributed by atoms with van der Waals surface area (Å²) in [6, 6.07) is 11.9. The Kier molecular flexibility index (Phi) is 5.20. The second kappa shape index (κ2) is 7.79. The van der Waals surface area contributed by atoms with Gasteiger partial charge >= 0.3 is 5.97 Å². The fourth-order valence-corrected chi connectivity index (χ4v) is 3.89. The summed E-state index contributed by atoms with van der Waals surface area (Å²) >= 11 is 0. The molecule has 1 spiro atoms. The van der Waals surface area contributed by atoms with E-state index in [1.54, 1.807) is 30.3 Å². The van der Waals surface area contributed by atoms with Crippen molar-refractivity contribution in [2.75, 3.05) is 26.7 Å². The second-order valence-corrected chi connectivity index (χ2v) is 7.58. The number of hydrogen-bond acceptors (Lipinski definition) is 5. The van der Waals surface area contributed by atoms with E-state index in [1.807, 2.05) is 6.07 Å². The van der Waals surface area contributed by atoms with Crippen molar-refractivity contribution in [2.24, 2.45) is 0 Å². The van der Waals surface area contributed by atoms with Crippen LogP contribution in [0.3, 0.4) is 0 Å². The number of nitrogens with zero attached hydrogens (tertiary/aromatic N) is 1. The van der Waals surface area contributed by atoms with Gasteiger partial charge in [0.15, 0.2) is 5.78 Å². The molecule has 2 aromatic carbocycles. The molecule has 2 aliphatic heterocycles. The number of carbonyl (C=O) groups excluding carboxylic acids is 2. The minimum Gasteiger partial charge on any atom is -0.483 e. The molecule has 6 heteroatoms. The van der Waals surface area contributed by atoms with E-state index in [1.165, 1.54) is 25.3 Å². The maximum Gasteiger partial charge on any atom is 0.330 e. The smallest absolute Gasteiger partial charge is 0.330 e. The molecule has 2 heterocycles. The van der Waals surface area contributed by atoms with E-state index in [-0.39, 0.29) is 11.6 Å². The van der Waals surface area contributed by atoms with Crippen molar-refractivity contribution in [3.63, 3.8) is 0 Å². The summed E-state index contributed by atoms with van der Waals surface area (Å²) in [7, 11) is 1.32. The molecule has 1 saturated heterocycles. The van der Waals surface area contributed by atoms with Crippen LogP contribution in [0.5, 0.6) is 5.75 Å². The van der Waals surface area contributed by atoms with Crippen LogP contribution < -0.4 is 4.74 Å². The van der Waals surface area contributed by atoms with Gasteiger partial charge in [0.25, 0.3) is 0 Å². The number of esters is 1. The van der Waals surface area contributed by atoms with Gasteiger partial charge in [0, 0.05) is 25.7 Å². The number of rotatable bonds is 5. The fourth-order valence-electron chi connectivity index (χ4n) is 3.89. The van der Waals surface area contributed by atoms with Crippen molar-refractivity contribution in [1.29, 1.82) is 0 Å². The van der Waals surface area contributed by atoms with Crippen LogP contribution in [0.25, 0.3) is 6.08 Å². The predicted octanol–water partition coefficient (Wildman–Crippen LogP) is 3.27. The van der Waals surface area contributed by atoms with Gasteiger partial charge in [-0.3, -0.25) is 9.69 Å². The summed E-state index contributed by atoms with van der Waals surface area (Å²) in [5, 5.41) is 0. The average Bonchev–Trinajstić information content (AvgIpc) is 2.70. The van der Waals surface area contributed by atoms with Crippen molar-refractivity contribution in [2.45, 2.75) is 18.4 Å². The Morgan fingerprint density at radius 2 is 2.00 bits per heavy atom. The number of hydrogen-bond donors (Lipinski definition) is 0. The Morgan fingerprint density at radius 1 is 1.24 bits per heavy atom. The van der Waals surface area contributed by atoms with Gasteiger partial charge in [-0.05, 0) is 47.9 Å². The molecule has 4 rings (SSSR count). The van der Waals surface area contributed by atoms with Gasteiger partial charge < -0.3 is 9.47 Å². The molecular formula is C23H22FNO4. The molecule has 0 aliphatic carbocycles. The van der Waals surface area contributed by atoms with Crippen LogP contribution in [0.15, 0.2) is 48.5 Å². The maximum atomic E-state index is 13.0. The summed E-state index contributed by atoms with van der Waals surface area (Å²) in [4.78, 5) is 26.2. The molecule has 0 N–H and O–H groups in total. The number of likely N-dealkylation sites (tertiary alicyclic amines) is 1. The van der Waals surface area contributed by atoms with E-state index in [4.69, 9.17) is 4.74 Å². The van der Waals surface area contributed by atoms with Gasteiger partial charge in [-0.25, -0.2) is 9.18 Å². The number of halogens is 1. The Bertz CT molecular complexity index is 961. The highest BCUT2D eigenvalue weighted by Crippen LogP contribution is 2.39. The number of fused-ring (bicyclic) bond motifs is 1. The van der Waals surface area contributed by atoms with Gasteiger partial charge in [0.05, 0.1) is 19.1 Å². The Morgan fingerprint density at radius 3 is 2.72 bits per heavy atom. The maximum absolute atomic E-state index is 13.0. The van der Waals surface area contributed by atoms with E-state index >= 15 is 0 Å². The van der Waals surface area contributed by atoms with Crippen molar-refractivity contribution in [1.82, 2.24) is 4.90 Å². The number of methoxy groups -OCH3 is 1. The van der Waals surface area contributed by atoms with E-state index in [2.05, 4.69) is 9.64 Å². The SMILES string of the molecule is COC(=O)C=Cc1ccc2c(c1)C(=O)CC1(CN(CCc3ccc(F)cc3)C1)O2. The topological polar surface area (TPSA) is 55.8 Å². The van der Waals surface area contributed by atoms with E-state index in [0.717, 1.165) is 24.1 Å². The first-order valence-corrected chi connectivity index (χ1v) is 9.55. The average molecular weight is 395 g/mol. The van der Waals surface area contributed by atoms with Crippen LogP contribution in [0, 0.1) is 5.82 Å². The first-order valence-electron chi connectivity index (χ1n) is 9.55. The third kappa shape index (κ3) is 4.22. The third-order valence-corrected chi connectivity index (χ3v) is 5.38. The van der Waals surface area contributed by atoms with E-state index < -0.39 is 11.6 Å². The zero-order chi connectivity index (χ0) is 20.4. The Hall–Kier alpha value is -2.99. The molecule has 5 nitrogen and oxygen atoms in total. The lowest BCUT2D eigenvalue weighted by atomic mass is 9.83. The van der Waals surface area contributed by atoms with Crippen molar-refractivity contribution >= 4 is 17.8 Å². The van der Waals surface area contributed by atoms with Gasteiger partial charge in [-0.1, -0.05) is 18.2 Å². The lowest BCUT2D eigenvalue weighted by molar-refractivity contribution is -0.134. The number of ether oxygens (including phenoxy) is 2. The molecule has 1 fully saturated rings. The number of benzene rings is 2.